The maximum absolute atomic E-state index is 13.1. The molecule has 3 rings (SSSR count). The normalized spacial score (nSPS) is 40.6. The summed E-state index contributed by atoms with van der Waals surface area (Å²) >= 11 is 0. The van der Waals surface area contributed by atoms with Gasteiger partial charge in [0, 0.05) is 33.7 Å². The zero-order valence-corrected chi connectivity index (χ0v) is 35.9. The molecule has 0 aliphatic carbocycles. The Hall–Kier alpha value is -2.67. The third kappa shape index (κ3) is 15.3. The molecule has 9 N–H and O–H groups in total. The molecular formula is C40H69NO19. The molecule has 60 heavy (non-hydrogen) atoms. The Morgan fingerprint density at radius 1 is 0.917 bits per heavy atom. The fraction of sp³-hybridized carbons (Fsp3) is 0.825. The Kier molecular flexibility index (Phi) is 22.1. The second kappa shape index (κ2) is 24.8. The van der Waals surface area contributed by atoms with Crippen LogP contribution in [0.2, 0.25) is 0 Å². The number of carbonyl (C=O) groups excluding carboxylic acids is 1. The number of carboxylic acids is 2. The Morgan fingerprint density at radius 3 is 2.05 bits per heavy atom. The molecule has 348 valence electrons. The number of likely N-dealkylation sites (N-methyl/N-ethyl adjacent to an activating group) is 1. The molecule has 0 radical (unpaired) electrons. The quantitative estimate of drug-likeness (QED) is 0.108. The summed E-state index contributed by atoms with van der Waals surface area (Å²) in [7, 11) is 6.53. The molecule has 0 amide bonds. The molecule has 20 heteroatoms. The van der Waals surface area contributed by atoms with Gasteiger partial charge in [-0.3, -0.25) is 4.79 Å². The van der Waals surface area contributed by atoms with E-state index >= 15 is 0 Å². The molecule has 0 aromatic rings. The average Bonchev–Trinajstić information content (AvgIpc) is 3.16. The van der Waals surface area contributed by atoms with Crippen LogP contribution in [0.1, 0.15) is 66.7 Å². The van der Waals surface area contributed by atoms with Gasteiger partial charge in [0.2, 0.25) is 0 Å². The lowest BCUT2D eigenvalue weighted by Gasteiger charge is -2.50. The molecule has 20 nitrogen and oxygen atoms in total. The number of ether oxygens (including phenoxy) is 7. The van der Waals surface area contributed by atoms with E-state index in [-0.39, 0.29) is 31.8 Å². The lowest BCUT2D eigenvalue weighted by molar-refractivity contribution is -0.344. The number of nitrogens with zero attached hydrogens (tertiary/aromatic N) is 1. The number of aliphatic carboxylic acids is 2. The number of aliphatic hydroxyl groups excluding tert-OH is 6. The van der Waals surface area contributed by atoms with Crippen LogP contribution in [0.4, 0.5) is 0 Å². The minimum absolute atomic E-state index is 0.00740. The summed E-state index contributed by atoms with van der Waals surface area (Å²) in [6.07, 6.45) is -6.76. The van der Waals surface area contributed by atoms with Crippen LogP contribution in [-0.2, 0) is 47.5 Å². The molecule has 0 spiro atoms. The van der Waals surface area contributed by atoms with Crippen molar-refractivity contribution in [2.24, 2.45) is 11.8 Å². The SMILES string of the molecule is COC1CC(=O)O[C@@H](C)C/C=C\C=C/C(O)[C@@H](C)CC(CCO)C(O[C@@H]2O[C@H](C)C(OC3C[C@@](C)(O)C(O)[C@@H](C)O3)[C@H](N(C)C)C2O)C1OC.O=C(O)[C@H](O)[C@@H](O)C(=O)O. The first kappa shape index (κ1) is 53.5. The van der Waals surface area contributed by atoms with Gasteiger partial charge >= 0.3 is 17.9 Å². The van der Waals surface area contributed by atoms with Crippen molar-refractivity contribution in [1.29, 1.82) is 0 Å². The lowest BCUT2D eigenvalue weighted by Crippen LogP contribution is -2.65. The predicted octanol–water partition coefficient (Wildman–Crippen LogP) is -0.829. The topological polar surface area (TPSA) is 301 Å². The van der Waals surface area contributed by atoms with E-state index in [1.54, 1.807) is 58.0 Å². The standard InChI is InChI=1S/C36H63NO13.C4H6O6/c1-20-17-24(15-16-38)32(33(45-9)26(44-8)18-27(40)46-21(2)13-11-10-12-14-25(20)39)50-35-30(41)29(37(6)7)31(22(3)48-35)49-28-19-36(5,43)34(42)23(4)47-28;5-1(3(7)8)2(6)4(9)10/h10-12,14,20-26,28-35,38-39,41-43H,13,15-19H2,1-9H3;1-2,5-6H,(H,7,8)(H,9,10)/b11-10-,14-12-;/t20-,21-,22+,23+,24?,25?,26?,28?,29+,30?,31?,32?,33?,34?,35-,36+;1-,2-/m01/s1. The first-order valence-electron chi connectivity index (χ1n) is 20.1. The van der Waals surface area contributed by atoms with E-state index < -0.39 is 121 Å². The highest BCUT2D eigenvalue weighted by atomic mass is 16.7. The zero-order valence-electron chi connectivity index (χ0n) is 35.9. The molecule has 3 aliphatic heterocycles. The number of allylic oxidation sites excluding steroid dienone is 2. The maximum Gasteiger partial charge on any atom is 0.335 e. The van der Waals surface area contributed by atoms with Gasteiger partial charge in [0.05, 0.1) is 48.6 Å². The molecule has 0 aromatic heterocycles. The van der Waals surface area contributed by atoms with E-state index in [0.29, 0.717) is 12.8 Å². The summed E-state index contributed by atoms with van der Waals surface area (Å²) in [5.74, 6) is -4.73. The molecule has 2 saturated heterocycles. The van der Waals surface area contributed by atoms with Gasteiger partial charge in [0.25, 0.3) is 0 Å². The van der Waals surface area contributed by atoms with E-state index in [9.17, 15) is 39.9 Å². The number of hydrogen-bond acceptors (Lipinski definition) is 18. The average molecular weight is 868 g/mol. The Morgan fingerprint density at radius 2 is 1.53 bits per heavy atom. The Bertz CT molecular complexity index is 1360. The summed E-state index contributed by atoms with van der Waals surface area (Å²) in [5.41, 5.74) is -1.44. The molecule has 0 aromatic carbocycles. The van der Waals surface area contributed by atoms with Gasteiger partial charge in [-0.05, 0) is 66.5 Å². The first-order chi connectivity index (χ1) is 28.0. The Labute approximate surface area is 351 Å². The predicted molar refractivity (Wildman–Crippen MR) is 210 cm³/mol. The van der Waals surface area contributed by atoms with E-state index in [1.165, 1.54) is 21.1 Å². The summed E-state index contributed by atoms with van der Waals surface area (Å²) in [5, 5.41) is 86.9. The summed E-state index contributed by atoms with van der Waals surface area (Å²) < 4.78 is 42.7. The third-order valence-electron chi connectivity index (χ3n) is 11.0. The number of esters is 1. The van der Waals surface area contributed by atoms with Gasteiger partial charge < -0.3 is 84.0 Å². The molecule has 2 fully saturated rings. The largest absolute Gasteiger partial charge is 0.479 e. The number of aliphatic hydroxyl groups is 7. The number of cyclic esters (lactones) is 1. The van der Waals surface area contributed by atoms with Gasteiger partial charge in [0.15, 0.2) is 24.8 Å². The highest BCUT2D eigenvalue weighted by Crippen LogP contribution is 2.37. The Balaban J connectivity index is 0.00000109. The van der Waals surface area contributed by atoms with Gasteiger partial charge in [-0.25, -0.2) is 9.59 Å². The number of hydrogen-bond donors (Lipinski definition) is 9. The van der Waals surface area contributed by atoms with Crippen LogP contribution in [-0.4, -0.2) is 201 Å². The van der Waals surface area contributed by atoms with Crippen molar-refractivity contribution in [1.82, 2.24) is 4.90 Å². The number of carbonyl (C=O) groups is 3. The highest BCUT2D eigenvalue weighted by Gasteiger charge is 2.52. The monoisotopic (exact) mass is 867 g/mol. The maximum atomic E-state index is 13.1. The van der Waals surface area contributed by atoms with Crippen molar-refractivity contribution in [3.05, 3.63) is 24.3 Å². The van der Waals surface area contributed by atoms with Crippen molar-refractivity contribution in [3.63, 3.8) is 0 Å². The van der Waals surface area contributed by atoms with Crippen molar-refractivity contribution in [2.75, 3.05) is 34.9 Å². The summed E-state index contributed by atoms with van der Waals surface area (Å²) in [4.78, 5) is 34.4. The smallest absolute Gasteiger partial charge is 0.335 e. The van der Waals surface area contributed by atoms with E-state index in [1.807, 2.05) is 13.0 Å². The second-order valence-corrected chi connectivity index (χ2v) is 16.2. The van der Waals surface area contributed by atoms with Gasteiger partial charge in [-0.2, -0.15) is 0 Å². The van der Waals surface area contributed by atoms with Crippen LogP contribution in [0.25, 0.3) is 0 Å². The molecule has 9 unspecified atom stereocenters. The zero-order chi connectivity index (χ0) is 45.6. The number of rotatable bonds is 12. The minimum atomic E-state index is -2.27. The van der Waals surface area contributed by atoms with Crippen LogP contribution in [0.15, 0.2) is 24.3 Å². The van der Waals surface area contributed by atoms with Crippen LogP contribution >= 0.6 is 0 Å². The summed E-state index contributed by atoms with van der Waals surface area (Å²) in [6, 6.07) is -0.670. The molecule has 3 heterocycles. The third-order valence-corrected chi connectivity index (χ3v) is 11.0. The molecular weight excluding hydrogens is 798 g/mol. The van der Waals surface area contributed by atoms with Crippen molar-refractivity contribution < 1.29 is 93.5 Å². The molecule has 0 saturated carbocycles. The number of methoxy groups -OCH3 is 2. The van der Waals surface area contributed by atoms with E-state index in [4.69, 9.17) is 53.6 Å². The fourth-order valence-electron chi connectivity index (χ4n) is 7.60. The first-order valence-corrected chi connectivity index (χ1v) is 20.1. The number of carboxylic acid groups (broad SMARTS) is 2. The van der Waals surface area contributed by atoms with Crippen LogP contribution in [0.3, 0.4) is 0 Å². The van der Waals surface area contributed by atoms with E-state index in [0.717, 1.165) is 0 Å². The van der Waals surface area contributed by atoms with E-state index in [2.05, 4.69) is 0 Å². The highest BCUT2D eigenvalue weighted by molar-refractivity contribution is 5.83. The van der Waals surface area contributed by atoms with Gasteiger partial charge in [-0.15, -0.1) is 0 Å². The van der Waals surface area contributed by atoms with Crippen LogP contribution in [0.5, 0.6) is 0 Å². The van der Waals surface area contributed by atoms with Crippen molar-refractivity contribution in [2.45, 2.75) is 164 Å². The van der Waals surface area contributed by atoms with Gasteiger partial charge in [0.1, 0.15) is 30.5 Å². The molecule has 18 atom stereocenters. The van der Waals surface area contributed by atoms with Crippen LogP contribution in [0, 0.1) is 11.8 Å². The van der Waals surface area contributed by atoms with Gasteiger partial charge in [-0.1, -0.05) is 31.2 Å². The summed E-state index contributed by atoms with van der Waals surface area (Å²) in [6.45, 7) is 8.47. The van der Waals surface area contributed by atoms with Crippen LogP contribution < -0.4 is 0 Å². The lowest BCUT2D eigenvalue weighted by atomic mass is 9.82. The fourth-order valence-corrected chi connectivity index (χ4v) is 7.60. The molecule has 0 bridgehead atoms. The molecule has 3 aliphatic rings. The van der Waals surface area contributed by atoms with Crippen molar-refractivity contribution in [3.8, 4) is 0 Å². The van der Waals surface area contributed by atoms with Crippen molar-refractivity contribution >= 4 is 17.9 Å². The second-order valence-electron chi connectivity index (χ2n) is 16.2. The minimum Gasteiger partial charge on any atom is -0.479 e.